The molecule has 23 heavy (non-hydrogen) atoms. The highest BCUT2D eigenvalue weighted by Crippen LogP contribution is 2.31. The molecule has 0 aromatic heterocycles. The molecule has 0 radical (unpaired) electrons. The van der Waals surface area contributed by atoms with E-state index in [0.29, 0.717) is 25.6 Å². The van der Waals surface area contributed by atoms with Gasteiger partial charge >= 0.3 is 11.9 Å². The zero-order chi connectivity index (χ0) is 17.0. The van der Waals surface area contributed by atoms with E-state index in [9.17, 15) is 9.59 Å². The van der Waals surface area contributed by atoms with Gasteiger partial charge in [0, 0.05) is 13.1 Å². The molecule has 1 saturated heterocycles. The maximum absolute atomic E-state index is 11.4. The smallest absolute Gasteiger partial charge is 0.394 e. The Morgan fingerprint density at radius 3 is 2.39 bits per heavy atom. The molecule has 0 bridgehead atoms. The summed E-state index contributed by atoms with van der Waals surface area (Å²) in [6.45, 7) is 8.05. The molecule has 1 aliphatic heterocycles. The topological polar surface area (TPSA) is 66.8 Å². The van der Waals surface area contributed by atoms with Crippen molar-refractivity contribution < 1.29 is 19.4 Å². The van der Waals surface area contributed by atoms with Crippen molar-refractivity contribution in [3.05, 3.63) is 29.8 Å². The molecule has 1 heterocycles. The monoisotopic (exact) mass is 319 g/mol. The average molecular weight is 319 g/mol. The number of aliphatic carboxylic acids is 1. The third kappa shape index (κ3) is 4.47. The zero-order valence-corrected chi connectivity index (χ0v) is 14.0. The maximum Gasteiger partial charge on any atom is 0.394 e. The zero-order valence-electron chi connectivity index (χ0n) is 14.0. The number of nitrogens with zero attached hydrogens (tertiary/aromatic N) is 1. The number of amides is 1. The molecule has 126 valence electrons. The molecule has 1 aromatic carbocycles. The summed E-state index contributed by atoms with van der Waals surface area (Å²) in [5.41, 5.74) is 1.20. The molecule has 0 spiro atoms. The summed E-state index contributed by atoms with van der Waals surface area (Å²) < 4.78 is 6.03. The molecule has 1 amide bonds. The molecular weight excluding hydrogens is 294 g/mol. The van der Waals surface area contributed by atoms with Crippen molar-refractivity contribution in [3.8, 4) is 5.75 Å². The maximum atomic E-state index is 11.4. The molecule has 1 fully saturated rings. The second kappa shape index (κ2) is 7.02. The van der Waals surface area contributed by atoms with Crippen molar-refractivity contribution in [2.75, 3.05) is 19.7 Å². The van der Waals surface area contributed by atoms with E-state index in [1.54, 1.807) is 0 Å². The summed E-state index contributed by atoms with van der Waals surface area (Å²) in [7, 11) is 0. The van der Waals surface area contributed by atoms with Gasteiger partial charge < -0.3 is 14.7 Å². The van der Waals surface area contributed by atoms with Crippen molar-refractivity contribution in [1.82, 2.24) is 4.90 Å². The highest BCUT2D eigenvalue weighted by Gasteiger charge is 2.27. The molecule has 1 aromatic rings. The summed E-state index contributed by atoms with van der Waals surface area (Å²) in [6.07, 6.45) is 1.55. The number of carbonyl (C=O) groups excluding carboxylic acids is 1. The fourth-order valence-electron chi connectivity index (χ4n) is 2.86. The van der Waals surface area contributed by atoms with Crippen LogP contribution in [0.25, 0.3) is 0 Å². The van der Waals surface area contributed by atoms with Gasteiger partial charge in [0.05, 0.1) is 6.61 Å². The van der Waals surface area contributed by atoms with Crippen LogP contribution in [-0.4, -0.2) is 41.6 Å². The number of likely N-dealkylation sites (tertiary alicyclic amines) is 1. The van der Waals surface area contributed by atoms with Gasteiger partial charge in [-0.1, -0.05) is 39.0 Å². The minimum Gasteiger partial charge on any atom is -0.493 e. The summed E-state index contributed by atoms with van der Waals surface area (Å²) >= 11 is 0. The number of carboxylic acids is 1. The minimum atomic E-state index is -1.38. The number of ether oxygens (including phenoxy) is 1. The minimum absolute atomic E-state index is 0.0217. The van der Waals surface area contributed by atoms with E-state index in [-0.39, 0.29) is 5.41 Å². The fraction of sp³-hybridized carbons (Fsp3) is 0.556. The number of para-hydroxylation sites is 1. The summed E-state index contributed by atoms with van der Waals surface area (Å²) in [5, 5.41) is 8.74. The molecule has 5 heteroatoms. The number of benzene rings is 1. The lowest BCUT2D eigenvalue weighted by Gasteiger charge is -2.31. The molecule has 0 aliphatic carbocycles. The van der Waals surface area contributed by atoms with E-state index in [2.05, 4.69) is 26.8 Å². The third-order valence-electron chi connectivity index (χ3n) is 4.25. The van der Waals surface area contributed by atoms with Crippen LogP contribution in [0.4, 0.5) is 0 Å². The van der Waals surface area contributed by atoms with Crippen LogP contribution < -0.4 is 4.74 Å². The van der Waals surface area contributed by atoms with E-state index >= 15 is 0 Å². The Balaban J connectivity index is 1.89. The predicted octanol–water partition coefficient (Wildman–Crippen LogP) is 2.69. The Hall–Kier alpha value is -2.04. The first-order valence-electron chi connectivity index (χ1n) is 8.03. The molecule has 2 rings (SSSR count). The Bertz CT molecular complexity index is 569. The lowest BCUT2D eigenvalue weighted by Crippen LogP contribution is -2.42. The number of carboxylic acid groups (broad SMARTS) is 1. The number of hydrogen-bond donors (Lipinski definition) is 1. The van der Waals surface area contributed by atoms with Crippen molar-refractivity contribution in [3.63, 3.8) is 0 Å². The van der Waals surface area contributed by atoms with Crippen LogP contribution in [0.3, 0.4) is 0 Å². The predicted molar refractivity (Wildman–Crippen MR) is 87.6 cm³/mol. The van der Waals surface area contributed by atoms with E-state index < -0.39 is 11.9 Å². The lowest BCUT2D eigenvalue weighted by atomic mass is 9.86. The molecule has 5 nitrogen and oxygen atoms in total. The van der Waals surface area contributed by atoms with Crippen LogP contribution >= 0.6 is 0 Å². The van der Waals surface area contributed by atoms with Crippen molar-refractivity contribution >= 4 is 11.9 Å². The van der Waals surface area contributed by atoms with Gasteiger partial charge in [-0.25, -0.2) is 4.79 Å². The number of piperidine rings is 1. The van der Waals surface area contributed by atoms with Crippen LogP contribution in [0.1, 0.15) is 39.2 Å². The van der Waals surface area contributed by atoms with Crippen molar-refractivity contribution in [2.45, 2.75) is 39.0 Å². The first kappa shape index (κ1) is 17.3. The van der Waals surface area contributed by atoms with Crippen molar-refractivity contribution in [2.24, 2.45) is 5.92 Å². The molecule has 0 atom stereocenters. The molecule has 0 unspecified atom stereocenters. The standard InChI is InChI=1S/C18H25NO4/c1-18(2,3)14-6-4-5-7-15(14)23-12-13-8-10-19(11-9-13)16(20)17(21)22/h4-7,13H,8-12H2,1-3H3,(H,21,22). The summed E-state index contributed by atoms with van der Waals surface area (Å²) in [5.74, 6) is -0.925. The molecule has 0 saturated carbocycles. The van der Waals surface area contributed by atoms with Gasteiger partial charge in [-0.2, -0.15) is 0 Å². The first-order chi connectivity index (χ1) is 10.8. The largest absolute Gasteiger partial charge is 0.493 e. The molecule has 1 N–H and O–H groups in total. The first-order valence-corrected chi connectivity index (χ1v) is 8.03. The van der Waals surface area contributed by atoms with Gasteiger partial charge in [0.25, 0.3) is 0 Å². The van der Waals surface area contributed by atoms with Crippen LogP contribution in [-0.2, 0) is 15.0 Å². The third-order valence-corrected chi connectivity index (χ3v) is 4.25. The van der Waals surface area contributed by atoms with Gasteiger partial charge in [0.2, 0.25) is 0 Å². The number of rotatable bonds is 3. The van der Waals surface area contributed by atoms with Crippen LogP contribution in [0.15, 0.2) is 24.3 Å². The highest BCUT2D eigenvalue weighted by atomic mass is 16.5. The van der Waals surface area contributed by atoms with Gasteiger partial charge in [-0.15, -0.1) is 0 Å². The van der Waals surface area contributed by atoms with Gasteiger partial charge in [0.1, 0.15) is 5.75 Å². The van der Waals surface area contributed by atoms with E-state index in [4.69, 9.17) is 9.84 Å². The Kier molecular flexibility index (Phi) is 5.29. The van der Waals surface area contributed by atoms with E-state index in [0.717, 1.165) is 18.6 Å². The molecule has 1 aliphatic rings. The quantitative estimate of drug-likeness (QED) is 0.870. The SMILES string of the molecule is CC(C)(C)c1ccccc1OCC1CCN(C(=O)C(=O)O)CC1. The number of hydrogen-bond acceptors (Lipinski definition) is 3. The van der Waals surface area contributed by atoms with Crippen LogP contribution in [0.5, 0.6) is 5.75 Å². The number of carbonyl (C=O) groups is 2. The summed E-state index contributed by atoms with van der Waals surface area (Å²) in [4.78, 5) is 23.5. The highest BCUT2D eigenvalue weighted by molar-refractivity contribution is 6.31. The lowest BCUT2D eigenvalue weighted by molar-refractivity contribution is -0.156. The molecular formula is C18H25NO4. The van der Waals surface area contributed by atoms with E-state index in [1.165, 1.54) is 10.5 Å². The normalized spacial score (nSPS) is 16.2. The van der Waals surface area contributed by atoms with E-state index in [1.807, 2.05) is 18.2 Å². The Labute approximate surface area is 137 Å². The Morgan fingerprint density at radius 2 is 1.83 bits per heavy atom. The fourth-order valence-corrected chi connectivity index (χ4v) is 2.86. The van der Waals surface area contributed by atoms with Gasteiger partial charge in [-0.3, -0.25) is 4.79 Å². The summed E-state index contributed by atoms with van der Waals surface area (Å²) in [6, 6.07) is 8.06. The average Bonchev–Trinajstić information content (AvgIpc) is 2.52. The van der Waals surface area contributed by atoms with Crippen molar-refractivity contribution in [1.29, 1.82) is 0 Å². The van der Waals surface area contributed by atoms with Gasteiger partial charge in [-0.05, 0) is 35.8 Å². The Morgan fingerprint density at radius 1 is 1.22 bits per heavy atom. The van der Waals surface area contributed by atoms with Gasteiger partial charge in [0.15, 0.2) is 0 Å². The van der Waals surface area contributed by atoms with Crippen LogP contribution in [0.2, 0.25) is 0 Å². The van der Waals surface area contributed by atoms with Crippen LogP contribution in [0, 0.1) is 5.92 Å². The second-order valence-electron chi connectivity index (χ2n) is 7.10. The second-order valence-corrected chi connectivity index (χ2v) is 7.10.